The van der Waals surface area contributed by atoms with Crippen LogP contribution in [0.15, 0.2) is 30.3 Å². The van der Waals surface area contributed by atoms with Crippen LogP contribution < -0.4 is 27.0 Å². The third kappa shape index (κ3) is 16.8. The third-order valence-electron chi connectivity index (χ3n) is 7.62. The van der Waals surface area contributed by atoms with Crippen LogP contribution in [-0.4, -0.2) is 77.9 Å². The Hall–Kier alpha value is -3.88. The van der Waals surface area contributed by atoms with Crippen LogP contribution in [-0.2, 0) is 30.3 Å². The van der Waals surface area contributed by atoms with Gasteiger partial charge in [-0.1, -0.05) is 89.6 Å². The second kappa shape index (κ2) is 21.9. The van der Waals surface area contributed by atoms with Crippen molar-refractivity contribution in [3.05, 3.63) is 35.9 Å². The smallest absolute Gasteiger partial charge is 0.416 e. The number of aliphatic hydroxyl groups excluding tert-OH is 1. The molecule has 15 heteroatoms. The van der Waals surface area contributed by atoms with Gasteiger partial charge in [-0.2, -0.15) is 13.2 Å². The Bertz CT molecular complexity index is 1150. The highest BCUT2D eigenvalue weighted by molar-refractivity contribution is 5.94. The molecule has 1 rings (SSSR count). The Labute approximate surface area is 280 Å². The van der Waals surface area contributed by atoms with Gasteiger partial charge in [-0.05, 0) is 31.2 Å². The van der Waals surface area contributed by atoms with E-state index in [4.69, 9.17) is 10.5 Å². The minimum Gasteiger partial charge on any atom is -0.450 e. The van der Waals surface area contributed by atoms with E-state index in [0.717, 1.165) is 25.7 Å². The number of hydrogen-bond acceptors (Lipinski definition) is 7. The van der Waals surface area contributed by atoms with Crippen molar-refractivity contribution in [1.82, 2.24) is 21.3 Å². The van der Waals surface area contributed by atoms with Gasteiger partial charge in [-0.15, -0.1) is 0 Å². The average Bonchev–Trinajstić information content (AvgIpc) is 3.01. The van der Waals surface area contributed by atoms with Crippen molar-refractivity contribution in [3.63, 3.8) is 0 Å². The summed E-state index contributed by atoms with van der Waals surface area (Å²) in [5.41, 5.74) is 5.67. The Balaban J connectivity index is 2.94. The highest BCUT2D eigenvalue weighted by atomic mass is 19.4. The Morgan fingerprint density at radius 1 is 0.833 bits per heavy atom. The molecule has 0 heterocycles. The van der Waals surface area contributed by atoms with Gasteiger partial charge in [0.15, 0.2) is 6.10 Å². The van der Waals surface area contributed by atoms with Crippen molar-refractivity contribution in [1.29, 1.82) is 0 Å². The Morgan fingerprint density at radius 2 is 1.44 bits per heavy atom. The van der Waals surface area contributed by atoms with Gasteiger partial charge in [0.05, 0.1) is 12.6 Å². The van der Waals surface area contributed by atoms with Crippen LogP contribution in [0.3, 0.4) is 0 Å². The third-order valence-corrected chi connectivity index (χ3v) is 7.62. The maximum Gasteiger partial charge on any atom is 0.416 e. The lowest BCUT2D eigenvalue weighted by molar-refractivity contribution is -0.212. The number of nitrogens with two attached hydrogens (primary N) is 1. The summed E-state index contributed by atoms with van der Waals surface area (Å²) in [5.74, 6) is -3.93. The number of nitrogens with one attached hydrogen (secondary N) is 4. The van der Waals surface area contributed by atoms with Crippen LogP contribution in [0.25, 0.3) is 0 Å². The molecule has 1 aromatic rings. The molecule has 0 aliphatic heterocycles. The van der Waals surface area contributed by atoms with Gasteiger partial charge in [0.1, 0.15) is 18.1 Å². The molecule has 12 nitrogen and oxygen atoms in total. The molecule has 0 fully saturated rings. The highest BCUT2D eigenvalue weighted by Crippen LogP contribution is 2.24. The molecule has 0 aliphatic rings. The molecule has 1 unspecified atom stereocenters. The van der Waals surface area contributed by atoms with Crippen molar-refractivity contribution in [3.8, 4) is 0 Å². The van der Waals surface area contributed by atoms with Crippen molar-refractivity contribution >= 4 is 29.7 Å². The van der Waals surface area contributed by atoms with E-state index in [1.54, 1.807) is 44.2 Å². The number of alkyl halides is 3. The highest BCUT2D eigenvalue weighted by Gasteiger charge is 2.44. The number of benzene rings is 1. The van der Waals surface area contributed by atoms with Gasteiger partial charge in [-0.25, -0.2) is 4.79 Å². The standard InChI is InChI=1S/C33H52F3N5O7/c1-5-6-7-8-9-10-14-19-48-32(47)41-27(21(2)3)31(46)40-25(20-23-15-12-11-13-16-23)30(45)38-22(4)29(44)39-24(17-18-26(37)42)28(43)33(34,35)36/h11-13,15-16,21-22,24-25,27-28,43H,5-10,14,17-20H2,1-4H3,(H2,37,42)(H,38,45)(H,39,44)(H,40,46)(H,41,47)/t22-,24+,25-,27-,28?/m0/s1. The maximum atomic E-state index is 13.4. The number of carbonyl (C=O) groups is 5. The molecule has 0 radical (unpaired) electrons. The van der Waals surface area contributed by atoms with Crippen LogP contribution >= 0.6 is 0 Å². The molecule has 5 amide bonds. The predicted molar refractivity (Wildman–Crippen MR) is 173 cm³/mol. The summed E-state index contributed by atoms with van der Waals surface area (Å²) in [4.78, 5) is 63.2. The van der Waals surface area contributed by atoms with Crippen molar-refractivity contribution in [2.24, 2.45) is 11.7 Å². The summed E-state index contributed by atoms with van der Waals surface area (Å²) in [6, 6.07) is 2.97. The van der Waals surface area contributed by atoms with Crippen LogP contribution in [0, 0.1) is 5.92 Å². The molecule has 0 aromatic heterocycles. The van der Waals surface area contributed by atoms with Gasteiger partial charge in [-0.3, -0.25) is 19.2 Å². The van der Waals surface area contributed by atoms with Crippen LogP contribution in [0.2, 0.25) is 0 Å². The summed E-state index contributed by atoms with van der Waals surface area (Å²) in [7, 11) is 0. The number of hydrogen-bond donors (Lipinski definition) is 6. The number of alkyl carbamates (subject to hydrolysis) is 1. The van der Waals surface area contributed by atoms with Crippen LogP contribution in [0.4, 0.5) is 18.0 Å². The van der Waals surface area contributed by atoms with E-state index in [0.29, 0.717) is 12.0 Å². The van der Waals surface area contributed by atoms with Crippen LogP contribution in [0.5, 0.6) is 0 Å². The normalized spacial score (nSPS) is 14.6. The molecular formula is C33H52F3N5O7. The van der Waals surface area contributed by atoms with E-state index in [-0.39, 0.29) is 13.0 Å². The number of amides is 5. The van der Waals surface area contributed by atoms with E-state index >= 15 is 0 Å². The quantitative estimate of drug-likeness (QED) is 0.101. The monoisotopic (exact) mass is 687 g/mol. The summed E-state index contributed by atoms with van der Waals surface area (Å²) in [6.07, 6.45) is -2.76. The van der Waals surface area contributed by atoms with E-state index in [9.17, 15) is 42.3 Å². The number of halogens is 3. The van der Waals surface area contributed by atoms with Crippen LogP contribution in [0.1, 0.15) is 91.0 Å². The topological polar surface area (TPSA) is 189 Å². The maximum absolute atomic E-state index is 13.4. The molecule has 272 valence electrons. The Morgan fingerprint density at radius 3 is 2.00 bits per heavy atom. The zero-order valence-electron chi connectivity index (χ0n) is 28.2. The second-order valence-corrected chi connectivity index (χ2v) is 12.2. The lowest BCUT2D eigenvalue weighted by Crippen LogP contribution is -2.59. The number of carbonyl (C=O) groups excluding carboxylic acids is 5. The van der Waals surface area contributed by atoms with Crippen molar-refractivity contribution in [2.75, 3.05) is 6.61 Å². The summed E-state index contributed by atoms with van der Waals surface area (Å²) >= 11 is 0. The van der Waals surface area contributed by atoms with Gasteiger partial charge in [0.2, 0.25) is 23.6 Å². The molecule has 0 saturated carbocycles. The number of rotatable bonds is 22. The van der Waals surface area contributed by atoms with Crippen molar-refractivity contribution in [2.45, 2.75) is 128 Å². The van der Waals surface area contributed by atoms with E-state index in [1.807, 2.05) is 5.32 Å². The first-order valence-corrected chi connectivity index (χ1v) is 16.5. The average molecular weight is 688 g/mol. The minimum absolute atomic E-state index is 0.0195. The molecule has 0 aliphatic carbocycles. The fourth-order valence-corrected chi connectivity index (χ4v) is 4.77. The molecule has 5 atom stereocenters. The zero-order valence-corrected chi connectivity index (χ0v) is 28.2. The summed E-state index contributed by atoms with van der Waals surface area (Å²) in [5, 5.41) is 19.3. The number of primary amides is 1. The van der Waals surface area contributed by atoms with Gasteiger partial charge >= 0.3 is 12.3 Å². The molecule has 0 bridgehead atoms. The molecule has 0 spiro atoms. The molecule has 48 heavy (non-hydrogen) atoms. The molecular weight excluding hydrogens is 635 g/mol. The summed E-state index contributed by atoms with van der Waals surface area (Å²) in [6.45, 7) is 6.94. The first kappa shape index (κ1) is 42.1. The summed E-state index contributed by atoms with van der Waals surface area (Å²) < 4.78 is 44.9. The Kier molecular flexibility index (Phi) is 19.2. The van der Waals surface area contributed by atoms with Gasteiger partial charge in [0.25, 0.3) is 0 Å². The van der Waals surface area contributed by atoms with Gasteiger partial charge < -0.3 is 36.8 Å². The van der Waals surface area contributed by atoms with Crippen molar-refractivity contribution < 1.29 is 47.0 Å². The number of ether oxygens (including phenoxy) is 1. The first-order valence-electron chi connectivity index (χ1n) is 16.5. The molecule has 7 N–H and O–H groups in total. The minimum atomic E-state index is -5.10. The number of aliphatic hydroxyl groups is 1. The number of unbranched alkanes of at least 4 members (excludes halogenated alkanes) is 6. The fourth-order valence-electron chi connectivity index (χ4n) is 4.77. The van der Waals surface area contributed by atoms with E-state index < -0.39 is 84.9 Å². The molecule has 1 aromatic carbocycles. The largest absolute Gasteiger partial charge is 0.450 e. The predicted octanol–water partition coefficient (Wildman–Crippen LogP) is 3.39. The van der Waals surface area contributed by atoms with E-state index in [2.05, 4.69) is 22.9 Å². The fraction of sp³-hybridized carbons (Fsp3) is 0.667. The zero-order chi connectivity index (χ0) is 36.3. The van der Waals surface area contributed by atoms with Gasteiger partial charge in [0, 0.05) is 12.8 Å². The first-order chi connectivity index (χ1) is 22.6. The SMILES string of the molecule is CCCCCCCCCOC(=O)N[C@H](C(=O)N[C@@H](Cc1ccccc1)C(=O)N[C@@H](C)C(=O)N[C@H](CCC(N)=O)C(O)C(F)(F)F)C(C)C. The lowest BCUT2D eigenvalue weighted by atomic mass is 10.0. The van der Waals surface area contributed by atoms with E-state index in [1.165, 1.54) is 19.8 Å². The molecule has 0 saturated heterocycles. The second-order valence-electron chi connectivity index (χ2n) is 12.2. The lowest BCUT2D eigenvalue weighted by Gasteiger charge is -2.28.